The monoisotopic (exact) mass is 568 g/mol. The van der Waals surface area contributed by atoms with E-state index in [9.17, 15) is 18.0 Å². The Kier molecular flexibility index (Phi) is 8.38. The molecule has 0 fully saturated rings. The number of rotatable bonds is 7. The van der Waals surface area contributed by atoms with Crippen molar-refractivity contribution in [1.29, 1.82) is 0 Å². The molecule has 1 amide bonds. The summed E-state index contributed by atoms with van der Waals surface area (Å²) in [5.41, 5.74) is -1.03. The van der Waals surface area contributed by atoms with Gasteiger partial charge in [-0.15, -0.1) is 0 Å². The highest BCUT2D eigenvalue weighted by molar-refractivity contribution is 9.10. The molecule has 36 heavy (non-hydrogen) atoms. The van der Waals surface area contributed by atoms with Gasteiger partial charge in [-0.2, -0.15) is 13.2 Å². The third-order valence-corrected chi connectivity index (χ3v) is 5.28. The molecule has 0 aliphatic carbocycles. The summed E-state index contributed by atoms with van der Waals surface area (Å²) in [4.78, 5) is 16.8. The average molecular weight is 569 g/mol. The van der Waals surface area contributed by atoms with E-state index in [0.29, 0.717) is 10.0 Å². The molecule has 2 aromatic carbocycles. The molecule has 0 bridgehead atoms. The maximum atomic E-state index is 14.4. The maximum absolute atomic E-state index is 14.4. The molecule has 3 aromatic rings. The molecule has 10 heteroatoms. The van der Waals surface area contributed by atoms with Crippen LogP contribution < -0.4 is 14.8 Å². The fourth-order valence-electron chi connectivity index (χ4n) is 3.44. The van der Waals surface area contributed by atoms with Crippen LogP contribution in [-0.2, 0) is 10.9 Å². The number of amides is 1. The zero-order chi connectivity index (χ0) is 26.7. The molecule has 3 rings (SSSR count). The van der Waals surface area contributed by atoms with Crippen molar-refractivity contribution in [3.63, 3.8) is 0 Å². The van der Waals surface area contributed by atoms with Crippen molar-refractivity contribution in [2.45, 2.75) is 58.5 Å². The van der Waals surface area contributed by atoms with E-state index in [0.717, 1.165) is 0 Å². The number of carbonyl (C=O) groups excluding carboxylic acids is 1. The van der Waals surface area contributed by atoms with Gasteiger partial charge in [-0.05, 0) is 58.4 Å². The fourth-order valence-corrected chi connectivity index (χ4v) is 3.80. The Hall–Kier alpha value is -3.01. The van der Waals surface area contributed by atoms with Crippen LogP contribution >= 0.6 is 15.9 Å². The minimum atomic E-state index is -4.77. The number of hydrogen-bond acceptors (Lipinski definition) is 5. The summed E-state index contributed by atoms with van der Waals surface area (Å²) in [6, 6.07) is 12.4. The number of nitrogens with zero attached hydrogens (tertiary/aromatic N) is 1. The number of benzene rings is 2. The number of aromatic nitrogens is 1. The Bertz CT molecular complexity index is 1210. The first-order chi connectivity index (χ1) is 16.7. The normalized spacial score (nSPS) is 12.9. The molecule has 0 aliphatic rings. The Labute approximate surface area is 216 Å². The molecule has 0 saturated carbocycles. The van der Waals surface area contributed by atoms with Gasteiger partial charge in [0.2, 0.25) is 0 Å². The third-order valence-electron chi connectivity index (χ3n) is 4.79. The van der Waals surface area contributed by atoms with Crippen LogP contribution in [0.3, 0.4) is 0 Å². The van der Waals surface area contributed by atoms with Gasteiger partial charge in [-0.25, -0.2) is 9.78 Å². The van der Waals surface area contributed by atoms with Gasteiger partial charge in [0, 0.05) is 9.86 Å². The van der Waals surface area contributed by atoms with Gasteiger partial charge in [0.1, 0.15) is 17.8 Å². The van der Waals surface area contributed by atoms with Crippen molar-refractivity contribution < 1.29 is 32.2 Å². The molecule has 1 aromatic heterocycles. The van der Waals surface area contributed by atoms with Crippen LogP contribution in [0.25, 0.3) is 10.9 Å². The van der Waals surface area contributed by atoms with E-state index < -0.39 is 41.3 Å². The minimum Gasteiger partial charge on any atom is -0.485 e. The smallest absolute Gasteiger partial charge is 0.420 e. The zero-order valence-corrected chi connectivity index (χ0v) is 22.2. The van der Waals surface area contributed by atoms with Gasteiger partial charge in [0.15, 0.2) is 5.75 Å². The van der Waals surface area contributed by atoms with Crippen LogP contribution in [0.5, 0.6) is 11.6 Å². The molecule has 0 aliphatic heterocycles. The van der Waals surface area contributed by atoms with Crippen molar-refractivity contribution in [1.82, 2.24) is 10.3 Å². The summed E-state index contributed by atoms with van der Waals surface area (Å²) in [6.45, 7) is 8.17. The Balaban J connectivity index is 2.07. The summed E-state index contributed by atoms with van der Waals surface area (Å²) < 4.78 is 60.4. The van der Waals surface area contributed by atoms with E-state index >= 15 is 0 Å². The quantitative estimate of drug-likeness (QED) is 0.320. The van der Waals surface area contributed by atoms with E-state index in [4.69, 9.17) is 14.2 Å². The van der Waals surface area contributed by atoms with Crippen LogP contribution in [0, 0.1) is 0 Å². The maximum Gasteiger partial charge on any atom is 0.420 e. The summed E-state index contributed by atoms with van der Waals surface area (Å²) in [5.74, 6) is -0.829. The molecule has 1 heterocycles. The second-order valence-electron chi connectivity index (χ2n) is 9.37. The lowest BCUT2D eigenvalue weighted by Crippen LogP contribution is -2.37. The van der Waals surface area contributed by atoms with Crippen LogP contribution in [0.4, 0.5) is 18.0 Å². The van der Waals surface area contributed by atoms with Crippen LogP contribution in [0.15, 0.2) is 53.0 Å². The molecule has 0 radical (unpaired) electrons. The van der Waals surface area contributed by atoms with Gasteiger partial charge in [0.05, 0.1) is 17.7 Å². The second-order valence-corrected chi connectivity index (χ2v) is 10.3. The predicted molar refractivity (Wildman–Crippen MR) is 134 cm³/mol. The number of alkyl carbamates (subject to hydrolysis) is 1. The molecular formula is C26H28BrF3N2O4. The lowest BCUT2D eigenvalue weighted by Gasteiger charge is -2.25. The number of nitrogens with one attached hydrogen (secondary N) is 1. The van der Waals surface area contributed by atoms with Crippen molar-refractivity contribution >= 4 is 32.9 Å². The van der Waals surface area contributed by atoms with Gasteiger partial charge >= 0.3 is 12.3 Å². The lowest BCUT2D eigenvalue weighted by molar-refractivity contribution is -0.137. The number of hydrogen-bond donors (Lipinski definition) is 1. The van der Waals surface area contributed by atoms with E-state index in [2.05, 4.69) is 26.2 Å². The Morgan fingerprint density at radius 3 is 2.33 bits per heavy atom. The largest absolute Gasteiger partial charge is 0.485 e. The summed E-state index contributed by atoms with van der Waals surface area (Å²) in [5, 5.41) is 2.55. The first kappa shape index (κ1) is 27.6. The number of halogens is 4. The van der Waals surface area contributed by atoms with Crippen LogP contribution in [-0.4, -0.2) is 29.4 Å². The molecule has 0 saturated heterocycles. The van der Waals surface area contributed by atoms with E-state index in [1.807, 2.05) is 0 Å². The first-order valence-corrected chi connectivity index (χ1v) is 12.1. The highest BCUT2D eigenvalue weighted by Crippen LogP contribution is 2.46. The standard InChI is InChI=1S/C26H28BrF3N2O4/c1-15(2)35-23-22(21(26(28,29)30)18-13-17(27)11-12-19(18)31-23)34-14-20(16-9-7-6-8-10-16)32-24(33)36-25(3,4)5/h6-13,15,20H,14H2,1-5H3,(H,32,33)/t20-/m0/s1. The van der Waals surface area contributed by atoms with Crippen molar-refractivity contribution in [2.75, 3.05) is 6.61 Å². The van der Waals surface area contributed by atoms with E-state index in [1.165, 1.54) is 12.1 Å². The van der Waals surface area contributed by atoms with Crippen LogP contribution in [0.1, 0.15) is 51.8 Å². The molecule has 1 atom stereocenters. The Morgan fingerprint density at radius 1 is 1.08 bits per heavy atom. The van der Waals surface area contributed by atoms with Crippen LogP contribution in [0.2, 0.25) is 0 Å². The second kappa shape index (κ2) is 10.9. The molecule has 0 unspecified atom stereocenters. The predicted octanol–water partition coefficient (Wildman–Crippen LogP) is 7.45. The van der Waals surface area contributed by atoms with Gasteiger partial charge in [-0.1, -0.05) is 46.3 Å². The lowest BCUT2D eigenvalue weighted by atomic mass is 10.1. The molecule has 194 valence electrons. The highest BCUT2D eigenvalue weighted by Gasteiger charge is 2.40. The molecular weight excluding hydrogens is 541 g/mol. The number of pyridine rings is 1. The summed E-state index contributed by atoms with van der Waals surface area (Å²) >= 11 is 3.23. The van der Waals surface area contributed by atoms with Gasteiger partial charge < -0.3 is 19.5 Å². The van der Waals surface area contributed by atoms with E-state index in [1.54, 1.807) is 71.0 Å². The number of ether oxygens (including phenoxy) is 3. The summed E-state index contributed by atoms with van der Waals surface area (Å²) in [6.07, 6.45) is -5.96. The number of fused-ring (bicyclic) bond motifs is 1. The molecule has 0 spiro atoms. The van der Waals surface area contributed by atoms with Gasteiger partial charge in [0.25, 0.3) is 5.88 Å². The van der Waals surface area contributed by atoms with Crippen molar-refractivity contribution in [3.8, 4) is 11.6 Å². The van der Waals surface area contributed by atoms with Crippen molar-refractivity contribution in [2.24, 2.45) is 0 Å². The number of carbonyl (C=O) groups is 1. The zero-order valence-electron chi connectivity index (χ0n) is 20.6. The molecule has 6 nitrogen and oxygen atoms in total. The average Bonchev–Trinajstić information content (AvgIpc) is 2.74. The SMILES string of the molecule is CC(C)Oc1nc2ccc(Br)cc2c(C(F)(F)F)c1OC[C@H](NC(=O)OC(C)(C)C)c1ccccc1. The third kappa shape index (κ3) is 7.25. The first-order valence-electron chi connectivity index (χ1n) is 11.3. The Morgan fingerprint density at radius 2 is 1.75 bits per heavy atom. The van der Waals surface area contributed by atoms with Crippen molar-refractivity contribution in [3.05, 3.63) is 64.1 Å². The number of alkyl halides is 3. The highest BCUT2D eigenvalue weighted by atomic mass is 79.9. The fraction of sp³-hybridized carbons (Fsp3) is 0.385. The summed E-state index contributed by atoms with van der Waals surface area (Å²) in [7, 11) is 0. The topological polar surface area (TPSA) is 69.7 Å². The van der Waals surface area contributed by atoms with Gasteiger partial charge in [-0.3, -0.25) is 0 Å². The van der Waals surface area contributed by atoms with E-state index in [-0.39, 0.29) is 23.4 Å². The minimum absolute atomic E-state index is 0.111. The molecule has 1 N–H and O–H groups in total.